The maximum Gasteiger partial charge on any atom is 0.218 e. The maximum atomic E-state index is 13.1. The topological polar surface area (TPSA) is 57.6 Å². The fourth-order valence-electron chi connectivity index (χ4n) is 2.70. The molecule has 21 heavy (non-hydrogen) atoms. The van der Waals surface area contributed by atoms with Crippen LogP contribution >= 0.6 is 11.6 Å². The first-order valence-corrected chi connectivity index (χ1v) is 8.76. The van der Waals surface area contributed by atoms with Crippen molar-refractivity contribution < 1.29 is 17.9 Å². The average Bonchev–Trinajstić information content (AvgIpc) is 2.83. The Morgan fingerprint density at radius 2 is 2.14 bits per heavy atom. The van der Waals surface area contributed by atoms with Crippen molar-refractivity contribution in [2.24, 2.45) is 0 Å². The van der Waals surface area contributed by atoms with Crippen molar-refractivity contribution in [1.82, 2.24) is 4.31 Å². The minimum absolute atomic E-state index is 0.0943. The lowest BCUT2D eigenvalue weighted by Crippen LogP contribution is -2.48. The molecule has 0 bridgehead atoms. The summed E-state index contributed by atoms with van der Waals surface area (Å²) >= 11 is 5.68. The van der Waals surface area contributed by atoms with Crippen LogP contribution in [-0.2, 0) is 15.8 Å². The van der Waals surface area contributed by atoms with Crippen LogP contribution in [0, 0.1) is 5.82 Å². The third-order valence-electron chi connectivity index (χ3n) is 3.71. The maximum absolute atomic E-state index is 13.1. The Labute approximate surface area is 129 Å². The first-order valence-electron chi connectivity index (χ1n) is 6.77. The van der Waals surface area contributed by atoms with E-state index >= 15 is 0 Å². The first kappa shape index (κ1) is 16.7. The molecule has 0 aliphatic carbocycles. The molecule has 1 aromatic carbocycles. The summed E-state index contributed by atoms with van der Waals surface area (Å²) in [7, 11) is -3.58. The molecule has 1 unspecified atom stereocenters. The molecular weight excluding hydrogens is 317 g/mol. The molecule has 1 aromatic rings. The van der Waals surface area contributed by atoms with Crippen LogP contribution in [0.4, 0.5) is 4.39 Å². The van der Waals surface area contributed by atoms with Gasteiger partial charge in [0, 0.05) is 6.54 Å². The van der Waals surface area contributed by atoms with Gasteiger partial charge in [-0.2, -0.15) is 4.31 Å². The number of sulfonamides is 1. The smallest absolute Gasteiger partial charge is 0.218 e. The van der Waals surface area contributed by atoms with Gasteiger partial charge in [-0.25, -0.2) is 12.8 Å². The summed E-state index contributed by atoms with van der Waals surface area (Å²) < 4.78 is 39.5. The fourth-order valence-corrected chi connectivity index (χ4v) is 4.83. The van der Waals surface area contributed by atoms with Gasteiger partial charge >= 0.3 is 0 Å². The Morgan fingerprint density at radius 3 is 2.71 bits per heavy atom. The minimum atomic E-state index is -3.58. The highest BCUT2D eigenvalue weighted by Gasteiger charge is 2.41. The summed E-state index contributed by atoms with van der Waals surface area (Å²) in [5.74, 6) is -0.826. The van der Waals surface area contributed by atoms with Gasteiger partial charge in [0.05, 0.1) is 22.4 Å². The zero-order chi connectivity index (χ0) is 15.8. The van der Waals surface area contributed by atoms with Gasteiger partial charge in [0.25, 0.3) is 0 Å². The second-order valence-corrected chi connectivity index (χ2v) is 8.26. The van der Waals surface area contributed by atoms with Crippen LogP contribution in [0.3, 0.4) is 0 Å². The molecule has 2 rings (SSSR count). The molecule has 1 fully saturated rings. The van der Waals surface area contributed by atoms with Crippen molar-refractivity contribution in [3.05, 3.63) is 34.6 Å². The number of benzene rings is 1. The lowest BCUT2D eigenvalue weighted by molar-refractivity contribution is 0.0214. The predicted octanol–water partition coefficient (Wildman–Crippen LogP) is 2.54. The molecule has 0 saturated carbocycles. The van der Waals surface area contributed by atoms with E-state index in [0.717, 1.165) is 12.5 Å². The van der Waals surface area contributed by atoms with Crippen LogP contribution in [0.5, 0.6) is 0 Å². The molecule has 7 heteroatoms. The highest BCUT2D eigenvalue weighted by molar-refractivity contribution is 7.88. The number of rotatable bonds is 4. The second kappa shape index (κ2) is 5.83. The van der Waals surface area contributed by atoms with Gasteiger partial charge in [-0.1, -0.05) is 17.7 Å². The average molecular weight is 336 g/mol. The van der Waals surface area contributed by atoms with E-state index in [4.69, 9.17) is 11.6 Å². The van der Waals surface area contributed by atoms with E-state index in [1.165, 1.54) is 16.4 Å². The number of halogens is 2. The van der Waals surface area contributed by atoms with Crippen molar-refractivity contribution >= 4 is 21.6 Å². The summed E-state index contributed by atoms with van der Waals surface area (Å²) in [6.07, 6.45) is 1.35. The third-order valence-corrected chi connectivity index (χ3v) is 5.85. The molecule has 0 spiro atoms. The van der Waals surface area contributed by atoms with E-state index < -0.39 is 27.5 Å². The monoisotopic (exact) mass is 335 g/mol. The van der Waals surface area contributed by atoms with Gasteiger partial charge in [-0.3, -0.25) is 0 Å². The highest BCUT2D eigenvalue weighted by Crippen LogP contribution is 2.30. The standard InChI is InChI=1S/C14H19ClFNO3S/c1-14(2,18)13-4-3-7-17(13)21(19,20)9-10-5-6-12(16)11(15)8-10/h5-6,8,13,18H,3-4,7,9H2,1-2H3. The number of hydrogen-bond donors (Lipinski definition) is 1. The lowest BCUT2D eigenvalue weighted by Gasteiger charge is -2.33. The Hall–Kier alpha value is -0.690. The van der Waals surface area contributed by atoms with Crippen LogP contribution in [-0.4, -0.2) is 36.0 Å². The van der Waals surface area contributed by atoms with E-state index in [1.807, 2.05) is 0 Å². The van der Waals surface area contributed by atoms with Gasteiger partial charge in [0.1, 0.15) is 5.82 Å². The number of nitrogens with zero attached hydrogens (tertiary/aromatic N) is 1. The normalized spacial score (nSPS) is 20.9. The van der Waals surface area contributed by atoms with Crippen LogP contribution in [0.1, 0.15) is 32.3 Å². The summed E-state index contributed by atoms with van der Waals surface area (Å²) in [6, 6.07) is 3.46. The molecule has 1 saturated heterocycles. The highest BCUT2D eigenvalue weighted by atomic mass is 35.5. The van der Waals surface area contributed by atoms with Crippen molar-refractivity contribution in [2.45, 2.75) is 44.1 Å². The Morgan fingerprint density at radius 1 is 1.48 bits per heavy atom. The molecule has 1 aliphatic rings. The SMILES string of the molecule is CC(C)(O)C1CCCN1S(=O)(=O)Cc1ccc(F)c(Cl)c1. The first-order chi connectivity index (χ1) is 9.61. The Balaban J connectivity index is 2.23. The van der Waals surface area contributed by atoms with E-state index in [9.17, 15) is 17.9 Å². The van der Waals surface area contributed by atoms with E-state index in [-0.39, 0.29) is 10.8 Å². The van der Waals surface area contributed by atoms with Gasteiger partial charge < -0.3 is 5.11 Å². The van der Waals surface area contributed by atoms with Crippen molar-refractivity contribution in [3.63, 3.8) is 0 Å². The van der Waals surface area contributed by atoms with Gasteiger partial charge in [-0.15, -0.1) is 0 Å². The number of aliphatic hydroxyl groups is 1. The van der Waals surface area contributed by atoms with Crippen LogP contribution in [0.15, 0.2) is 18.2 Å². The van der Waals surface area contributed by atoms with Gasteiger partial charge in [-0.05, 0) is 44.4 Å². The quantitative estimate of drug-likeness (QED) is 0.920. The Bertz CT molecular complexity index is 628. The summed E-state index contributed by atoms with van der Waals surface area (Å²) in [6.45, 7) is 3.62. The summed E-state index contributed by atoms with van der Waals surface area (Å²) in [5.41, 5.74) is -0.660. The number of hydrogen-bond acceptors (Lipinski definition) is 3. The third kappa shape index (κ3) is 3.74. The van der Waals surface area contributed by atoms with Crippen molar-refractivity contribution in [1.29, 1.82) is 0 Å². The molecule has 1 atom stereocenters. The lowest BCUT2D eigenvalue weighted by atomic mass is 9.98. The van der Waals surface area contributed by atoms with E-state index in [2.05, 4.69) is 0 Å². The molecule has 1 aliphatic heterocycles. The van der Waals surface area contributed by atoms with E-state index in [1.54, 1.807) is 13.8 Å². The predicted molar refractivity (Wildman–Crippen MR) is 80.1 cm³/mol. The zero-order valence-corrected chi connectivity index (χ0v) is 13.6. The molecule has 0 aromatic heterocycles. The van der Waals surface area contributed by atoms with Gasteiger partial charge in [0.2, 0.25) is 10.0 Å². The second-order valence-electron chi connectivity index (χ2n) is 5.93. The molecule has 118 valence electrons. The minimum Gasteiger partial charge on any atom is -0.389 e. The van der Waals surface area contributed by atoms with Crippen molar-refractivity contribution in [2.75, 3.05) is 6.54 Å². The van der Waals surface area contributed by atoms with Gasteiger partial charge in [0.15, 0.2) is 0 Å². The van der Waals surface area contributed by atoms with E-state index in [0.29, 0.717) is 18.5 Å². The zero-order valence-electron chi connectivity index (χ0n) is 12.0. The molecule has 1 N–H and O–H groups in total. The van der Waals surface area contributed by atoms with Crippen LogP contribution in [0.2, 0.25) is 5.02 Å². The molecule has 0 amide bonds. The molecular formula is C14H19ClFNO3S. The van der Waals surface area contributed by atoms with Crippen molar-refractivity contribution in [3.8, 4) is 0 Å². The fraction of sp³-hybridized carbons (Fsp3) is 0.571. The molecule has 4 nitrogen and oxygen atoms in total. The van der Waals surface area contributed by atoms with Crippen LogP contribution < -0.4 is 0 Å². The molecule has 1 heterocycles. The summed E-state index contributed by atoms with van der Waals surface area (Å²) in [5, 5.41) is 10.0. The Kier molecular flexibility index (Phi) is 4.63. The molecule has 0 radical (unpaired) electrons. The summed E-state index contributed by atoms with van der Waals surface area (Å²) in [4.78, 5) is 0. The largest absolute Gasteiger partial charge is 0.389 e. The van der Waals surface area contributed by atoms with Crippen LogP contribution in [0.25, 0.3) is 0 Å².